The molecule has 144 valence electrons. The second-order valence-corrected chi connectivity index (χ2v) is 6.87. The molecule has 1 fully saturated rings. The lowest BCUT2D eigenvalue weighted by atomic mass is 10.1. The highest BCUT2D eigenvalue weighted by atomic mass is 16.4. The van der Waals surface area contributed by atoms with E-state index in [-0.39, 0.29) is 12.5 Å². The lowest BCUT2D eigenvalue weighted by molar-refractivity contribution is -0.116. The first kappa shape index (κ1) is 18.0. The fourth-order valence-corrected chi connectivity index (χ4v) is 3.54. The van der Waals surface area contributed by atoms with E-state index >= 15 is 0 Å². The number of amides is 2. The molecule has 0 bridgehead atoms. The summed E-state index contributed by atoms with van der Waals surface area (Å²) >= 11 is 0. The molecular weight excluding hydrogens is 358 g/mol. The van der Waals surface area contributed by atoms with E-state index in [4.69, 9.17) is 4.42 Å². The van der Waals surface area contributed by atoms with E-state index in [1.807, 2.05) is 4.90 Å². The number of fused-ring (bicyclic) bond motifs is 1. The van der Waals surface area contributed by atoms with Crippen LogP contribution < -0.4 is 11.1 Å². The molecule has 1 aromatic heterocycles. The van der Waals surface area contributed by atoms with Gasteiger partial charge in [0.2, 0.25) is 5.91 Å². The van der Waals surface area contributed by atoms with Crippen LogP contribution in [-0.4, -0.2) is 34.4 Å². The summed E-state index contributed by atoms with van der Waals surface area (Å²) in [6, 6.07) is 13.9. The highest BCUT2D eigenvalue weighted by molar-refractivity contribution is 6.03. The maximum absolute atomic E-state index is 12.9. The third kappa shape index (κ3) is 3.55. The van der Waals surface area contributed by atoms with Crippen molar-refractivity contribution in [1.82, 2.24) is 9.47 Å². The molecule has 1 N–H and O–H groups in total. The minimum Gasteiger partial charge on any atom is -0.408 e. The smallest absolute Gasteiger partial charge is 0.408 e. The van der Waals surface area contributed by atoms with Crippen LogP contribution in [0.2, 0.25) is 0 Å². The van der Waals surface area contributed by atoms with Crippen LogP contribution in [0.5, 0.6) is 0 Å². The van der Waals surface area contributed by atoms with E-state index in [9.17, 15) is 14.4 Å². The van der Waals surface area contributed by atoms with Crippen molar-refractivity contribution in [2.75, 3.05) is 18.4 Å². The minimum absolute atomic E-state index is 0.0819. The molecule has 0 radical (unpaired) electrons. The molecule has 2 heterocycles. The lowest BCUT2D eigenvalue weighted by Crippen LogP contribution is -2.36. The van der Waals surface area contributed by atoms with Crippen molar-refractivity contribution >= 4 is 28.6 Å². The summed E-state index contributed by atoms with van der Waals surface area (Å²) in [5.74, 6) is -1.07. The molecule has 0 aliphatic carbocycles. The summed E-state index contributed by atoms with van der Waals surface area (Å²) in [6.07, 6.45) is 3.13. The molecule has 1 aliphatic heterocycles. The van der Waals surface area contributed by atoms with Crippen molar-refractivity contribution in [3.05, 3.63) is 64.6 Å². The highest BCUT2D eigenvalue weighted by Gasteiger charge is 2.21. The van der Waals surface area contributed by atoms with Gasteiger partial charge >= 0.3 is 5.76 Å². The first-order valence-corrected chi connectivity index (χ1v) is 9.40. The summed E-state index contributed by atoms with van der Waals surface area (Å²) in [5.41, 5.74) is 1.90. The number of nitrogens with zero attached hydrogens (tertiary/aromatic N) is 2. The summed E-state index contributed by atoms with van der Waals surface area (Å²) in [7, 11) is 0. The van der Waals surface area contributed by atoms with Crippen molar-refractivity contribution < 1.29 is 14.0 Å². The molecule has 0 saturated carbocycles. The van der Waals surface area contributed by atoms with E-state index in [1.165, 1.54) is 4.57 Å². The number of oxazole rings is 1. The van der Waals surface area contributed by atoms with Gasteiger partial charge in [-0.1, -0.05) is 24.3 Å². The first-order chi connectivity index (χ1) is 13.6. The highest BCUT2D eigenvalue weighted by Crippen LogP contribution is 2.20. The molecule has 3 aromatic rings. The molecule has 4 rings (SSSR count). The Balaban J connectivity index is 1.54. The van der Waals surface area contributed by atoms with Crippen LogP contribution in [-0.2, 0) is 11.3 Å². The quantitative estimate of drug-likeness (QED) is 0.755. The topological polar surface area (TPSA) is 84.5 Å². The van der Waals surface area contributed by atoms with E-state index in [0.717, 1.165) is 32.4 Å². The Labute approximate surface area is 161 Å². The van der Waals surface area contributed by atoms with Gasteiger partial charge < -0.3 is 14.6 Å². The summed E-state index contributed by atoms with van der Waals surface area (Å²) in [4.78, 5) is 39.3. The number of nitrogens with one attached hydrogen (secondary N) is 1. The number of aromatic nitrogens is 1. The number of anilines is 1. The Morgan fingerprint density at radius 3 is 2.50 bits per heavy atom. The number of hydrogen-bond donors (Lipinski definition) is 1. The minimum atomic E-state index is -0.589. The number of rotatable bonds is 4. The van der Waals surface area contributed by atoms with Gasteiger partial charge in [0, 0.05) is 13.1 Å². The SMILES string of the molecule is O=C(Cn1c(=O)oc2ccccc21)Nc1ccccc1C(=O)N1CCCCC1. The van der Waals surface area contributed by atoms with Gasteiger partial charge in [0.1, 0.15) is 6.54 Å². The predicted molar refractivity (Wildman–Crippen MR) is 105 cm³/mol. The number of carbonyl (C=O) groups excluding carboxylic acids is 2. The second kappa shape index (κ2) is 7.72. The zero-order valence-electron chi connectivity index (χ0n) is 15.4. The van der Waals surface area contributed by atoms with Gasteiger partial charge in [-0.25, -0.2) is 4.79 Å². The number of piperidine rings is 1. The normalized spacial score (nSPS) is 14.2. The molecule has 0 unspecified atom stereocenters. The van der Waals surface area contributed by atoms with E-state index < -0.39 is 11.7 Å². The van der Waals surface area contributed by atoms with Gasteiger partial charge in [-0.3, -0.25) is 14.2 Å². The zero-order chi connectivity index (χ0) is 19.5. The monoisotopic (exact) mass is 379 g/mol. The Kier molecular flexibility index (Phi) is 4.97. The van der Waals surface area contributed by atoms with Crippen molar-refractivity contribution in [2.24, 2.45) is 0 Å². The van der Waals surface area contributed by atoms with Crippen LogP contribution in [0.4, 0.5) is 5.69 Å². The van der Waals surface area contributed by atoms with Crippen LogP contribution in [0.1, 0.15) is 29.6 Å². The maximum Gasteiger partial charge on any atom is 0.420 e. The Hall–Kier alpha value is -3.35. The van der Waals surface area contributed by atoms with Gasteiger partial charge in [0.05, 0.1) is 16.8 Å². The molecule has 2 amide bonds. The Bertz CT molecular complexity index is 1080. The predicted octanol–water partition coefficient (Wildman–Crippen LogP) is 2.86. The number of benzene rings is 2. The largest absolute Gasteiger partial charge is 0.420 e. The average Bonchev–Trinajstić information content (AvgIpc) is 3.04. The number of para-hydroxylation sites is 3. The molecule has 28 heavy (non-hydrogen) atoms. The second-order valence-electron chi connectivity index (χ2n) is 6.87. The molecule has 1 saturated heterocycles. The molecule has 7 nitrogen and oxygen atoms in total. The van der Waals surface area contributed by atoms with Crippen LogP contribution >= 0.6 is 0 Å². The van der Waals surface area contributed by atoms with Crippen molar-refractivity contribution in [3.8, 4) is 0 Å². The van der Waals surface area contributed by atoms with Crippen LogP contribution in [0, 0.1) is 0 Å². The molecule has 1 aliphatic rings. The average molecular weight is 379 g/mol. The summed E-state index contributed by atoms with van der Waals surface area (Å²) < 4.78 is 6.44. The fourth-order valence-electron chi connectivity index (χ4n) is 3.54. The van der Waals surface area contributed by atoms with Gasteiger partial charge in [-0.2, -0.15) is 0 Å². The molecule has 0 atom stereocenters. The first-order valence-electron chi connectivity index (χ1n) is 9.40. The fraction of sp³-hybridized carbons (Fsp3) is 0.286. The Morgan fingerprint density at radius 2 is 1.68 bits per heavy atom. The standard InChI is InChI=1S/C21H21N3O4/c25-19(14-24-17-10-4-5-11-18(17)28-21(24)27)22-16-9-3-2-8-15(16)20(26)23-12-6-1-7-13-23/h2-5,8-11H,1,6-7,12-14H2,(H,22,25). The Morgan fingerprint density at radius 1 is 0.964 bits per heavy atom. The van der Waals surface area contributed by atoms with E-state index in [1.54, 1.807) is 48.5 Å². The van der Waals surface area contributed by atoms with Crippen molar-refractivity contribution in [1.29, 1.82) is 0 Å². The van der Waals surface area contributed by atoms with Gasteiger partial charge in [-0.15, -0.1) is 0 Å². The molecular formula is C21H21N3O4. The van der Waals surface area contributed by atoms with Crippen LogP contribution in [0.15, 0.2) is 57.7 Å². The maximum atomic E-state index is 12.9. The van der Waals surface area contributed by atoms with Gasteiger partial charge in [0.15, 0.2) is 5.58 Å². The molecule has 2 aromatic carbocycles. The zero-order valence-corrected chi connectivity index (χ0v) is 15.4. The number of hydrogen-bond acceptors (Lipinski definition) is 4. The van der Waals surface area contributed by atoms with Crippen molar-refractivity contribution in [3.63, 3.8) is 0 Å². The number of likely N-dealkylation sites (tertiary alicyclic amines) is 1. The van der Waals surface area contributed by atoms with Gasteiger partial charge in [0.25, 0.3) is 5.91 Å². The summed E-state index contributed by atoms with van der Waals surface area (Å²) in [5, 5.41) is 2.77. The number of carbonyl (C=O) groups is 2. The van der Waals surface area contributed by atoms with E-state index in [2.05, 4.69) is 5.32 Å². The van der Waals surface area contributed by atoms with Gasteiger partial charge in [-0.05, 0) is 43.5 Å². The lowest BCUT2D eigenvalue weighted by Gasteiger charge is -2.27. The van der Waals surface area contributed by atoms with Crippen LogP contribution in [0.3, 0.4) is 0 Å². The summed E-state index contributed by atoms with van der Waals surface area (Å²) in [6.45, 7) is 1.27. The van der Waals surface area contributed by atoms with E-state index in [0.29, 0.717) is 22.4 Å². The van der Waals surface area contributed by atoms with Crippen molar-refractivity contribution in [2.45, 2.75) is 25.8 Å². The molecule has 7 heteroatoms. The third-order valence-corrected chi connectivity index (χ3v) is 4.95. The van der Waals surface area contributed by atoms with Crippen LogP contribution in [0.25, 0.3) is 11.1 Å². The third-order valence-electron chi connectivity index (χ3n) is 4.95. The molecule has 0 spiro atoms.